The van der Waals surface area contributed by atoms with Crippen LogP contribution < -0.4 is 4.72 Å². The Hall–Kier alpha value is -1.54. The van der Waals surface area contributed by atoms with E-state index in [-0.39, 0.29) is 23.8 Å². The van der Waals surface area contributed by atoms with Gasteiger partial charge in [-0.25, -0.2) is 21.9 Å². The van der Waals surface area contributed by atoms with Crippen LogP contribution in [0, 0.1) is 17.6 Å². The second kappa shape index (κ2) is 8.71. The van der Waals surface area contributed by atoms with E-state index >= 15 is 0 Å². The summed E-state index contributed by atoms with van der Waals surface area (Å²) in [6, 6.07) is 2.36. The van der Waals surface area contributed by atoms with Gasteiger partial charge in [0, 0.05) is 26.6 Å². The van der Waals surface area contributed by atoms with E-state index in [2.05, 4.69) is 4.72 Å². The molecule has 0 heterocycles. The molecule has 1 aromatic carbocycles. The lowest BCUT2D eigenvalue weighted by Gasteiger charge is -2.27. The van der Waals surface area contributed by atoms with Crippen LogP contribution in [0.2, 0.25) is 0 Å². The van der Waals surface area contributed by atoms with Crippen molar-refractivity contribution in [1.82, 2.24) is 9.62 Å². The molecule has 1 aliphatic carbocycles. The number of nitrogens with one attached hydrogen (secondary N) is 1. The zero-order valence-electron chi connectivity index (χ0n) is 14.3. The molecule has 1 saturated carbocycles. The maximum absolute atomic E-state index is 13.2. The molecule has 1 N–H and O–H groups in total. The Balaban J connectivity index is 1.81. The normalized spacial score (nSPS) is 16.0. The number of hydrogen-bond acceptors (Lipinski definition) is 3. The molecule has 0 aliphatic heterocycles. The van der Waals surface area contributed by atoms with Crippen molar-refractivity contribution in [2.45, 2.75) is 43.4 Å². The van der Waals surface area contributed by atoms with E-state index in [1.807, 2.05) is 0 Å². The number of nitrogens with zero attached hydrogens (tertiary/aromatic N) is 1. The van der Waals surface area contributed by atoms with Gasteiger partial charge in [0.05, 0.1) is 4.90 Å². The Morgan fingerprint density at radius 3 is 2.52 bits per heavy atom. The van der Waals surface area contributed by atoms with Gasteiger partial charge in [-0.05, 0) is 37.0 Å². The van der Waals surface area contributed by atoms with E-state index in [4.69, 9.17) is 0 Å². The molecule has 0 atom stereocenters. The number of hydrogen-bond donors (Lipinski definition) is 1. The van der Waals surface area contributed by atoms with Crippen LogP contribution in [-0.2, 0) is 14.8 Å². The highest BCUT2D eigenvalue weighted by Gasteiger charge is 2.20. The third-order valence-corrected chi connectivity index (χ3v) is 5.97. The minimum absolute atomic E-state index is 0.0200. The number of sulfonamides is 1. The Bertz CT molecular complexity index is 704. The van der Waals surface area contributed by atoms with Gasteiger partial charge in [0.15, 0.2) is 11.6 Å². The van der Waals surface area contributed by atoms with Gasteiger partial charge >= 0.3 is 0 Å². The van der Waals surface area contributed by atoms with Gasteiger partial charge in [-0.3, -0.25) is 4.79 Å². The summed E-state index contributed by atoms with van der Waals surface area (Å²) >= 11 is 0. The molecule has 0 radical (unpaired) electrons. The maximum Gasteiger partial charge on any atom is 0.240 e. The van der Waals surface area contributed by atoms with Gasteiger partial charge < -0.3 is 4.90 Å². The number of amides is 1. The number of carbonyl (C=O) groups excluding carboxylic acids is 1. The number of halogens is 2. The smallest absolute Gasteiger partial charge is 0.240 e. The topological polar surface area (TPSA) is 66.5 Å². The van der Waals surface area contributed by atoms with Crippen molar-refractivity contribution in [3.8, 4) is 0 Å². The molecular weight excluding hydrogens is 350 g/mol. The summed E-state index contributed by atoms with van der Waals surface area (Å²) in [6.45, 7) is 0.601. The van der Waals surface area contributed by atoms with Gasteiger partial charge in [0.1, 0.15) is 0 Å². The third-order valence-electron chi connectivity index (χ3n) is 4.51. The molecule has 2 rings (SSSR count). The lowest BCUT2D eigenvalue weighted by atomic mass is 9.89. The van der Waals surface area contributed by atoms with Crippen LogP contribution in [0.15, 0.2) is 23.1 Å². The predicted molar refractivity (Wildman–Crippen MR) is 90.4 cm³/mol. The van der Waals surface area contributed by atoms with Crippen LogP contribution in [0.1, 0.15) is 38.5 Å². The molecule has 0 saturated heterocycles. The molecule has 8 heteroatoms. The van der Waals surface area contributed by atoms with E-state index < -0.39 is 21.7 Å². The molecule has 140 valence electrons. The summed E-state index contributed by atoms with van der Waals surface area (Å²) in [6.07, 6.45) is 5.91. The summed E-state index contributed by atoms with van der Waals surface area (Å²) in [5, 5.41) is 0. The van der Waals surface area contributed by atoms with Crippen molar-refractivity contribution in [3.63, 3.8) is 0 Å². The SMILES string of the molecule is CN(CC1CCCCC1)C(=O)CCNS(=O)(=O)c1ccc(F)c(F)c1. The highest BCUT2D eigenvalue weighted by Crippen LogP contribution is 2.24. The summed E-state index contributed by atoms with van der Waals surface area (Å²) in [5.41, 5.74) is 0. The van der Waals surface area contributed by atoms with Crippen molar-refractivity contribution in [1.29, 1.82) is 0 Å². The van der Waals surface area contributed by atoms with Gasteiger partial charge in [-0.1, -0.05) is 19.3 Å². The minimum atomic E-state index is -3.98. The van der Waals surface area contributed by atoms with Crippen LogP contribution in [0.3, 0.4) is 0 Å². The molecule has 1 aliphatic rings. The van der Waals surface area contributed by atoms with E-state index in [0.29, 0.717) is 18.5 Å². The molecule has 25 heavy (non-hydrogen) atoms. The predicted octanol–water partition coefficient (Wildman–Crippen LogP) is 2.67. The fourth-order valence-corrected chi connectivity index (χ4v) is 4.11. The van der Waals surface area contributed by atoms with E-state index in [9.17, 15) is 22.0 Å². The molecule has 0 unspecified atom stereocenters. The number of benzene rings is 1. The first-order valence-corrected chi connectivity index (χ1v) is 9.96. The van der Waals surface area contributed by atoms with Crippen molar-refractivity contribution in [2.24, 2.45) is 5.92 Å². The molecule has 0 spiro atoms. The van der Waals surface area contributed by atoms with E-state index in [0.717, 1.165) is 25.0 Å². The van der Waals surface area contributed by atoms with Crippen LogP contribution >= 0.6 is 0 Å². The Morgan fingerprint density at radius 2 is 1.88 bits per heavy atom. The van der Waals surface area contributed by atoms with Gasteiger partial charge in [-0.2, -0.15) is 0 Å². The van der Waals surface area contributed by atoms with Crippen molar-refractivity contribution >= 4 is 15.9 Å². The number of carbonyl (C=O) groups is 1. The van der Waals surface area contributed by atoms with Gasteiger partial charge in [0.2, 0.25) is 15.9 Å². The van der Waals surface area contributed by atoms with Crippen molar-refractivity contribution in [3.05, 3.63) is 29.8 Å². The molecule has 1 fully saturated rings. The first-order chi connectivity index (χ1) is 11.8. The summed E-state index contributed by atoms with van der Waals surface area (Å²) in [5.74, 6) is -1.97. The maximum atomic E-state index is 13.2. The Labute approximate surface area is 147 Å². The summed E-state index contributed by atoms with van der Waals surface area (Å²) in [4.78, 5) is 13.4. The summed E-state index contributed by atoms with van der Waals surface area (Å²) in [7, 11) is -2.25. The fourth-order valence-electron chi connectivity index (χ4n) is 3.07. The number of rotatable bonds is 7. The van der Waals surface area contributed by atoms with E-state index in [1.165, 1.54) is 19.3 Å². The first-order valence-electron chi connectivity index (χ1n) is 8.48. The van der Waals surface area contributed by atoms with Crippen molar-refractivity contribution in [2.75, 3.05) is 20.1 Å². The molecular formula is C17H24F2N2O3S. The van der Waals surface area contributed by atoms with Gasteiger partial charge in [0.25, 0.3) is 0 Å². The monoisotopic (exact) mass is 374 g/mol. The zero-order chi connectivity index (χ0) is 18.4. The largest absolute Gasteiger partial charge is 0.345 e. The lowest BCUT2D eigenvalue weighted by Crippen LogP contribution is -2.35. The molecule has 1 amide bonds. The molecule has 5 nitrogen and oxygen atoms in total. The van der Waals surface area contributed by atoms with Crippen LogP contribution in [0.4, 0.5) is 8.78 Å². The minimum Gasteiger partial charge on any atom is -0.345 e. The van der Waals surface area contributed by atoms with Crippen LogP contribution in [0.5, 0.6) is 0 Å². The third kappa shape index (κ3) is 5.74. The second-order valence-corrected chi connectivity index (χ2v) is 8.27. The van der Waals surface area contributed by atoms with Gasteiger partial charge in [-0.15, -0.1) is 0 Å². The van der Waals surface area contributed by atoms with Crippen molar-refractivity contribution < 1.29 is 22.0 Å². The molecule has 0 bridgehead atoms. The average Bonchev–Trinajstić information content (AvgIpc) is 2.57. The second-order valence-electron chi connectivity index (χ2n) is 6.50. The Kier molecular flexibility index (Phi) is 6.89. The lowest BCUT2D eigenvalue weighted by molar-refractivity contribution is -0.130. The first kappa shape index (κ1) is 19.8. The highest BCUT2D eigenvalue weighted by atomic mass is 32.2. The fraction of sp³-hybridized carbons (Fsp3) is 0.588. The van der Waals surface area contributed by atoms with Crippen LogP contribution in [-0.4, -0.2) is 39.4 Å². The average molecular weight is 374 g/mol. The summed E-state index contributed by atoms with van der Waals surface area (Å²) < 4.78 is 52.4. The highest BCUT2D eigenvalue weighted by molar-refractivity contribution is 7.89. The molecule has 0 aromatic heterocycles. The van der Waals surface area contributed by atoms with Crippen LogP contribution in [0.25, 0.3) is 0 Å². The standard InChI is InChI=1S/C17H24F2N2O3S/c1-21(12-13-5-3-2-4-6-13)17(22)9-10-20-25(23,24)14-7-8-15(18)16(19)11-14/h7-8,11,13,20H,2-6,9-10,12H2,1H3. The quantitative estimate of drug-likeness (QED) is 0.798. The van der Waals surface area contributed by atoms with E-state index in [1.54, 1.807) is 11.9 Å². The zero-order valence-corrected chi connectivity index (χ0v) is 15.1. The Morgan fingerprint density at radius 1 is 1.20 bits per heavy atom. The molecule has 1 aromatic rings.